The fraction of sp³-hybridized carbons (Fsp3) is 0.312. The third-order valence-electron chi connectivity index (χ3n) is 7.14. The molecule has 3 aromatic rings. The van der Waals surface area contributed by atoms with Gasteiger partial charge in [-0.15, -0.1) is 0 Å². The van der Waals surface area contributed by atoms with Crippen molar-refractivity contribution in [2.45, 2.75) is 26.3 Å². The predicted octanol–water partition coefficient (Wildman–Crippen LogP) is 7.17. The fourth-order valence-electron chi connectivity index (χ4n) is 4.79. The van der Waals surface area contributed by atoms with Crippen LogP contribution in [-0.2, 0) is 4.79 Å². The standard InChI is InChI=1S/C32H34ClN3O4S/c1-23(2)35-19-17-34(18-20-35)16-3-21-39-27-14-8-26(9-15-27)36-31(37)30(41-32(36)38)22-24-4-10-28(11-5-24)40-29-12-6-25(33)7-13-29/h4-15,22-23H,3,16-21H2,1-2H3/b30-22-. The largest absolute Gasteiger partial charge is 0.494 e. The molecule has 0 radical (unpaired) electrons. The molecule has 214 valence electrons. The molecule has 0 aliphatic carbocycles. The maximum Gasteiger partial charge on any atom is 0.298 e. The van der Waals surface area contributed by atoms with Gasteiger partial charge in [0.25, 0.3) is 11.1 Å². The normalized spacial score (nSPS) is 17.6. The minimum absolute atomic E-state index is 0.324. The summed E-state index contributed by atoms with van der Waals surface area (Å²) < 4.78 is 11.7. The zero-order chi connectivity index (χ0) is 28.8. The van der Waals surface area contributed by atoms with E-state index < -0.39 is 0 Å². The number of ether oxygens (including phenoxy) is 2. The fourth-order valence-corrected chi connectivity index (χ4v) is 5.75. The Kier molecular flexibility index (Phi) is 9.67. The Labute approximate surface area is 250 Å². The number of amides is 2. The monoisotopic (exact) mass is 591 g/mol. The molecule has 41 heavy (non-hydrogen) atoms. The third kappa shape index (κ3) is 7.71. The summed E-state index contributed by atoms with van der Waals surface area (Å²) in [4.78, 5) is 32.4. The van der Waals surface area contributed by atoms with E-state index in [0.717, 1.165) is 62.2 Å². The van der Waals surface area contributed by atoms with Crippen LogP contribution in [0.2, 0.25) is 5.02 Å². The van der Waals surface area contributed by atoms with Crippen molar-refractivity contribution in [3.8, 4) is 17.2 Å². The topological polar surface area (TPSA) is 62.3 Å². The molecule has 2 amide bonds. The molecular weight excluding hydrogens is 558 g/mol. The van der Waals surface area contributed by atoms with Crippen LogP contribution in [-0.4, -0.2) is 66.3 Å². The van der Waals surface area contributed by atoms with Crippen molar-refractivity contribution in [2.75, 3.05) is 44.2 Å². The van der Waals surface area contributed by atoms with E-state index in [1.54, 1.807) is 42.5 Å². The predicted molar refractivity (Wildman–Crippen MR) is 166 cm³/mol. The van der Waals surface area contributed by atoms with Crippen molar-refractivity contribution in [1.82, 2.24) is 9.80 Å². The lowest BCUT2D eigenvalue weighted by molar-refractivity contribution is -0.113. The van der Waals surface area contributed by atoms with Crippen LogP contribution in [0.25, 0.3) is 6.08 Å². The minimum Gasteiger partial charge on any atom is -0.494 e. The van der Waals surface area contributed by atoms with E-state index in [9.17, 15) is 9.59 Å². The van der Waals surface area contributed by atoms with Crippen LogP contribution in [0.1, 0.15) is 25.8 Å². The first kappa shape index (κ1) is 29.2. The second-order valence-corrected chi connectivity index (χ2v) is 11.7. The van der Waals surface area contributed by atoms with E-state index in [-0.39, 0.29) is 11.1 Å². The van der Waals surface area contributed by atoms with Crippen molar-refractivity contribution in [1.29, 1.82) is 0 Å². The zero-order valence-electron chi connectivity index (χ0n) is 23.3. The number of hydrogen-bond acceptors (Lipinski definition) is 7. The molecule has 0 bridgehead atoms. The van der Waals surface area contributed by atoms with Gasteiger partial charge in [0.15, 0.2) is 0 Å². The van der Waals surface area contributed by atoms with Crippen molar-refractivity contribution in [3.63, 3.8) is 0 Å². The SMILES string of the molecule is CC(C)N1CCN(CCCOc2ccc(N3C(=O)S/C(=C\c4ccc(Oc5ccc(Cl)cc5)cc4)C3=O)cc2)CC1. The number of nitrogens with zero attached hydrogens (tertiary/aromatic N) is 3. The molecule has 2 fully saturated rings. The van der Waals surface area contributed by atoms with Crippen LogP contribution in [0.5, 0.6) is 17.2 Å². The first-order valence-electron chi connectivity index (χ1n) is 13.9. The van der Waals surface area contributed by atoms with Crippen LogP contribution in [0.15, 0.2) is 77.7 Å². The maximum absolute atomic E-state index is 13.1. The number of thioether (sulfide) groups is 1. The molecule has 0 N–H and O–H groups in total. The smallest absolute Gasteiger partial charge is 0.298 e. The molecule has 2 saturated heterocycles. The van der Waals surface area contributed by atoms with E-state index >= 15 is 0 Å². The third-order valence-corrected chi connectivity index (χ3v) is 8.26. The number of imide groups is 1. The van der Waals surface area contributed by atoms with E-state index in [1.165, 1.54) is 4.90 Å². The summed E-state index contributed by atoms with van der Waals surface area (Å²) >= 11 is 6.85. The molecule has 5 rings (SSSR count). The van der Waals surface area contributed by atoms with Crippen molar-refractivity contribution in [3.05, 3.63) is 88.3 Å². The highest BCUT2D eigenvalue weighted by Gasteiger charge is 2.36. The zero-order valence-corrected chi connectivity index (χ0v) is 24.9. The number of hydrogen-bond donors (Lipinski definition) is 0. The molecule has 2 heterocycles. The first-order chi connectivity index (χ1) is 19.9. The lowest BCUT2D eigenvalue weighted by Gasteiger charge is -2.36. The number of benzene rings is 3. The number of carbonyl (C=O) groups is 2. The van der Waals surface area contributed by atoms with Gasteiger partial charge < -0.3 is 14.4 Å². The van der Waals surface area contributed by atoms with E-state index in [2.05, 4.69) is 23.6 Å². The van der Waals surface area contributed by atoms with Gasteiger partial charge in [0.2, 0.25) is 0 Å². The summed E-state index contributed by atoms with van der Waals surface area (Å²) in [5.74, 6) is 1.72. The Bertz CT molecular complexity index is 1370. The van der Waals surface area contributed by atoms with Gasteiger partial charge in [0.05, 0.1) is 17.2 Å². The van der Waals surface area contributed by atoms with Gasteiger partial charge in [0.1, 0.15) is 17.2 Å². The lowest BCUT2D eigenvalue weighted by atomic mass is 10.2. The highest BCUT2D eigenvalue weighted by molar-refractivity contribution is 8.19. The molecule has 3 aromatic carbocycles. The molecule has 0 saturated carbocycles. The number of rotatable bonds is 10. The number of piperazine rings is 1. The van der Waals surface area contributed by atoms with Crippen LogP contribution < -0.4 is 14.4 Å². The number of anilines is 1. The van der Waals surface area contributed by atoms with Crippen LogP contribution >= 0.6 is 23.4 Å². The second kappa shape index (κ2) is 13.6. The Morgan fingerprint density at radius 2 is 1.46 bits per heavy atom. The highest BCUT2D eigenvalue weighted by atomic mass is 35.5. The molecule has 7 nitrogen and oxygen atoms in total. The Morgan fingerprint density at radius 3 is 2.10 bits per heavy atom. The van der Waals surface area contributed by atoms with E-state index in [0.29, 0.717) is 39.8 Å². The molecule has 9 heteroatoms. The Morgan fingerprint density at radius 1 is 0.854 bits per heavy atom. The van der Waals surface area contributed by atoms with Gasteiger partial charge in [-0.1, -0.05) is 23.7 Å². The van der Waals surface area contributed by atoms with Crippen molar-refractivity contribution in [2.24, 2.45) is 0 Å². The molecule has 0 unspecified atom stereocenters. The maximum atomic E-state index is 13.1. The number of carbonyl (C=O) groups excluding carboxylic acids is 2. The summed E-state index contributed by atoms with van der Waals surface area (Å²) in [5.41, 5.74) is 1.32. The van der Waals surface area contributed by atoms with Gasteiger partial charge in [-0.25, -0.2) is 4.90 Å². The molecule has 0 spiro atoms. The van der Waals surface area contributed by atoms with Crippen molar-refractivity contribution >= 4 is 46.3 Å². The molecule has 0 aromatic heterocycles. The highest BCUT2D eigenvalue weighted by Crippen LogP contribution is 2.36. The summed E-state index contributed by atoms with van der Waals surface area (Å²) in [6.45, 7) is 10.6. The minimum atomic E-state index is -0.340. The first-order valence-corrected chi connectivity index (χ1v) is 15.1. The van der Waals surface area contributed by atoms with Crippen LogP contribution in [0.3, 0.4) is 0 Å². The van der Waals surface area contributed by atoms with Crippen LogP contribution in [0.4, 0.5) is 10.5 Å². The summed E-state index contributed by atoms with van der Waals surface area (Å²) in [5, 5.41) is 0.318. The summed E-state index contributed by atoms with van der Waals surface area (Å²) in [7, 11) is 0. The Balaban J connectivity index is 1.11. The van der Waals surface area contributed by atoms with E-state index in [4.69, 9.17) is 21.1 Å². The molecular formula is C32H34ClN3O4S. The van der Waals surface area contributed by atoms with Crippen LogP contribution in [0, 0.1) is 0 Å². The summed E-state index contributed by atoms with van der Waals surface area (Å²) in [6, 6.07) is 22.2. The molecule has 0 atom stereocenters. The quantitative estimate of drug-likeness (QED) is 0.183. The molecule has 2 aliphatic rings. The Hall–Kier alpha value is -3.30. The van der Waals surface area contributed by atoms with Gasteiger partial charge in [0, 0.05) is 43.8 Å². The summed E-state index contributed by atoms with van der Waals surface area (Å²) in [6.07, 6.45) is 2.67. The van der Waals surface area contributed by atoms with Gasteiger partial charge in [-0.3, -0.25) is 14.5 Å². The second-order valence-electron chi connectivity index (χ2n) is 10.3. The van der Waals surface area contributed by atoms with E-state index in [1.807, 2.05) is 36.4 Å². The average molecular weight is 592 g/mol. The lowest BCUT2D eigenvalue weighted by Crippen LogP contribution is -2.49. The van der Waals surface area contributed by atoms with Gasteiger partial charge >= 0.3 is 0 Å². The number of halogens is 1. The van der Waals surface area contributed by atoms with Crippen molar-refractivity contribution < 1.29 is 19.1 Å². The van der Waals surface area contributed by atoms with Gasteiger partial charge in [-0.2, -0.15) is 0 Å². The molecule has 2 aliphatic heterocycles. The van der Waals surface area contributed by atoms with Gasteiger partial charge in [-0.05, 0) is 104 Å². The average Bonchev–Trinajstić information content (AvgIpc) is 3.26.